The van der Waals surface area contributed by atoms with E-state index >= 15 is 0 Å². The van der Waals surface area contributed by atoms with Crippen molar-refractivity contribution in [2.75, 3.05) is 6.61 Å². The van der Waals surface area contributed by atoms with Crippen LogP contribution in [-0.2, 0) is 9.59 Å². The number of hydrogen-bond donors (Lipinski definition) is 4. The first kappa shape index (κ1) is 24.7. The van der Waals surface area contributed by atoms with Crippen LogP contribution in [0.15, 0.2) is 11.6 Å². The summed E-state index contributed by atoms with van der Waals surface area (Å²) in [6.07, 6.45) is 12.4. The molecule has 6 heteroatoms. The number of carbonyl (C=O) groups excluding carboxylic acids is 1. The van der Waals surface area contributed by atoms with Gasteiger partial charge in [0.05, 0.1) is 12.7 Å². The van der Waals surface area contributed by atoms with Gasteiger partial charge < -0.3 is 20.6 Å². The SMILES string of the molecule is C[C@H](CCC(=O)N[C@@H](CO)C(=O)O)[C@H]1CC[C@H]2[C@@H]3CC=C4C[C@@H](O)CC[C@]4(C)[C@H]3CC[C@]12C. The number of nitrogens with one attached hydrogen (secondary N) is 1. The number of amides is 1. The molecular formula is C27H43NO5. The first-order chi connectivity index (χ1) is 15.6. The Hall–Kier alpha value is -1.40. The lowest BCUT2D eigenvalue weighted by Gasteiger charge is -2.58. The molecule has 0 saturated heterocycles. The van der Waals surface area contributed by atoms with Gasteiger partial charge in [-0.15, -0.1) is 0 Å². The van der Waals surface area contributed by atoms with Crippen LogP contribution in [0.25, 0.3) is 0 Å². The third-order valence-electron chi connectivity index (χ3n) is 10.5. The van der Waals surface area contributed by atoms with Gasteiger partial charge in [0.25, 0.3) is 0 Å². The Morgan fingerprint density at radius 1 is 1.15 bits per heavy atom. The topological polar surface area (TPSA) is 107 Å². The zero-order valence-electron chi connectivity index (χ0n) is 20.6. The molecule has 0 aromatic rings. The van der Waals surface area contributed by atoms with E-state index in [1.807, 2.05) is 0 Å². The van der Waals surface area contributed by atoms with Crippen LogP contribution >= 0.6 is 0 Å². The lowest BCUT2D eigenvalue weighted by molar-refractivity contribution is -0.143. The number of rotatable bonds is 7. The molecule has 4 aliphatic rings. The summed E-state index contributed by atoms with van der Waals surface area (Å²) in [4.78, 5) is 23.3. The largest absolute Gasteiger partial charge is 0.480 e. The zero-order valence-corrected chi connectivity index (χ0v) is 20.6. The summed E-state index contributed by atoms with van der Waals surface area (Å²) in [7, 11) is 0. The van der Waals surface area contributed by atoms with Crippen molar-refractivity contribution in [3.63, 3.8) is 0 Å². The van der Waals surface area contributed by atoms with Gasteiger partial charge in [-0.3, -0.25) is 4.79 Å². The van der Waals surface area contributed by atoms with Crippen molar-refractivity contribution < 1.29 is 24.9 Å². The lowest BCUT2D eigenvalue weighted by atomic mass is 9.47. The quantitative estimate of drug-likeness (QED) is 0.430. The summed E-state index contributed by atoms with van der Waals surface area (Å²) < 4.78 is 0. The zero-order chi connectivity index (χ0) is 24.0. The maximum atomic E-state index is 12.3. The van der Waals surface area contributed by atoms with Gasteiger partial charge in [-0.1, -0.05) is 32.4 Å². The molecule has 3 fully saturated rings. The Morgan fingerprint density at radius 2 is 1.91 bits per heavy atom. The molecule has 0 heterocycles. The minimum atomic E-state index is -1.22. The summed E-state index contributed by atoms with van der Waals surface area (Å²) in [5.41, 5.74) is 2.09. The molecule has 0 aromatic carbocycles. The van der Waals surface area contributed by atoms with E-state index in [0.29, 0.717) is 23.7 Å². The molecule has 3 saturated carbocycles. The Morgan fingerprint density at radius 3 is 2.61 bits per heavy atom. The molecule has 1 amide bonds. The van der Waals surface area contributed by atoms with Crippen molar-refractivity contribution in [2.45, 2.75) is 97.1 Å². The molecule has 9 atom stereocenters. The van der Waals surface area contributed by atoms with Gasteiger partial charge in [0, 0.05) is 6.42 Å². The number of aliphatic hydroxyl groups excluding tert-OH is 2. The van der Waals surface area contributed by atoms with Crippen LogP contribution in [0.1, 0.15) is 85.0 Å². The fourth-order valence-electron chi connectivity index (χ4n) is 8.63. The Bertz CT molecular complexity index is 795. The highest BCUT2D eigenvalue weighted by atomic mass is 16.4. The molecule has 6 nitrogen and oxygen atoms in total. The predicted octanol–water partition coefficient (Wildman–Crippen LogP) is 3.90. The number of carbonyl (C=O) groups is 2. The van der Waals surface area contributed by atoms with Crippen molar-refractivity contribution in [1.82, 2.24) is 5.32 Å². The van der Waals surface area contributed by atoms with Gasteiger partial charge >= 0.3 is 5.97 Å². The summed E-state index contributed by atoms with van der Waals surface area (Å²) in [6.45, 7) is 6.64. The predicted molar refractivity (Wildman–Crippen MR) is 126 cm³/mol. The third-order valence-corrected chi connectivity index (χ3v) is 10.5. The summed E-state index contributed by atoms with van der Waals surface area (Å²) in [6, 6.07) is -1.22. The highest BCUT2D eigenvalue weighted by Gasteiger charge is 2.59. The minimum Gasteiger partial charge on any atom is -0.480 e. The summed E-state index contributed by atoms with van der Waals surface area (Å²) in [5, 5.41) is 30.8. The lowest BCUT2D eigenvalue weighted by Crippen LogP contribution is -2.50. The van der Waals surface area contributed by atoms with Crippen molar-refractivity contribution in [1.29, 1.82) is 0 Å². The first-order valence-electron chi connectivity index (χ1n) is 13.1. The van der Waals surface area contributed by atoms with E-state index in [-0.39, 0.29) is 17.4 Å². The molecule has 33 heavy (non-hydrogen) atoms. The number of aliphatic carboxylic acids is 1. The highest BCUT2D eigenvalue weighted by Crippen LogP contribution is 2.67. The van der Waals surface area contributed by atoms with Gasteiger partial charge in [0.15, 0.2) is 0 Å². The van der Waals surface area contributed by atoms with E-state index in [1.54, 1.807) is 0 Å². The van der Waals surface area contributed by atoms with E-state index in [2.05, 4.69) is 32.2 Å². The normalized spacial score (nSPS) is 41.7. The van der Waals surface area contributed by atoms with Crippen LogP contribution in [0, 0.1) is 40.4 Å². The number of carboxylic acid groups (broad SMARTS) is 1. The highest BCUT2D eigenvalue weighted by molar-refractivity contribution is 5.83. The number of allylic oxidation sites excluding steroid dienone is 1. The average molecular weight is 462 g/mol. The van der Waals surface area contributed by atoms with Gasteiger partial charge in [-0.05, 0) is 98.2 Å². The molecule has 0 unspecified atom stereocenters. The van der Waals surface area contributed by atoms with E-state index in [9.17, 15) is 14.7 Å². The molecule has 4 rings (SSSR count). The number of carboxylic acids is 1. The third kappa shape index (κ3) is 4.38. The van der Waals surface area contributed by atoms with Crippen molar-refractivity contribution in [3.8, 4) is 0 Å². The Kier molecular flexibility index (Phi) is 6.99. The van der Waals surface area contributed by atoms with Crippen molar-refractivity contribution in [2.24, 2.45) is 40.4 Å². The molecular weight excluding hydrogens is 418 g/mol. The van der Waals surface area contributed by atoms with Crippen molar-refractivity contribution in [3.05, 3.63) is 11.6 Å². The maximum absolute atomic E-state index is 12.3. The molecule has 0 bridgehead atoms. The van der Waals surface area contributed by atoms with E-state index in [4.69, 9.17) is 10.2 Å². The van der Waals surface area contributed by atoms with E-state index in [0.717, 1.165) is 49.9 Å². The van der Waals surface area contributed by atoms with Crippen LogP contribution in [0.2, 0.25) is 0 Å². The van der Waals surface area contributed by atoms with Gasteiger partial charge in [-0.2, -0.15) is 0 Å². The minimum absolute atomic E-state index is 0.160. The monoisotopic (exact) mass is 461 g/mol. The smallest absolute Gasteiger partial charge is 0.328 e. The molecule has 186 valence electrons. The van der Waals surface area contributed by atoms with Gasteiger partial charge in [-0.25, -0.2) is 4.79 Å². The Labute approximate surface area is 198 Å². The van der Waals surface area contributed by atoms with Crippen molar-refractivity contribution >= 4 is 11.9 Å². The van der Waals surface area contributed by atoms with Gasteiger partial charge in [0.1, 0.15) is 6.04 Å². The van der Waals surface area contributed by atoms with Gasteiger partial charge in [0.2, 0.25) is 5.91 Å². The second kappa shape index (κ2) is 9.33. The molecule has 0 radical (unpaired) electrons. The fraction of sp³-hybridized carbons (Fsp3) is 0.852. The molecule has 0 aliphatic heterocycles. The molecule has 0 aromatic heterocycles. The number of fused-ring (bicyclic) bond motifs is 5. The van der Waals surface area contributed by atoms with Crippen LogP contribution < -0.4 is 5.32 Å². The van der Waals surface area contributed by atoms with Crippen LogP contribution in [0.5, 0.6) is 0 Å². The van der Waals surface area contributed by atoms with E-state index in [1.165, 1.54) is 31.3 Å². The Balaban J connectivity index is 1.40. The maximum Gasteiger partial charge on any atom is 0.328 e. The summed E-state index contributed by atoms with van der Waals surface area (Å²) >= 11 is 0. The average Bonchev–Trinajstić information content (AvgIpc) is 3.13. The second-order valence-electron chi connectivity index (χ2n) is 12.0. The standard InChI is InChI=1S/C27H43NO5/c1-16(4-9-24(31)28-23(15-29)25(32)33)20-7-8-21-19-6-5-17-14-18(30)10-12-26(17,2)22(19)11-13-27(20,21)3/h5,16,18-23,29-30H,4,6-15H2,1-3H3,(H,28,31)(H,32,33)/t16-,18+,19+,20-,21+,22+,23+,26+,27-/m1/s1. The van der Waals surface area contributed by atoms with Crippen LogP contribution in [-0.4, -0.2) is 45.9 Å². The van der Waals surface area contributed by atoms with Crippen LogP contribution in [0.4, 0.5) is 0 Å². The summed E-state index contributed by atoms with van der Waals surface area (Å²) in [5.74, 6) is 1.70. The first-order valence-corrected chi connectivity index (χ1v) is 13.1. The fourth-order valence-corrected chi connectivity index (χ4v) is 8.63. The number of hydrogen-bond acceptors (Lipinski definition) is 4. The second-order valence-corrected chi connectivity index (χ2v) is 12.0. The van der Waals surface area contributed by atoms with E-state index < -0.39 is 18.6 Å². The molecule has 4 N–H and O–H groups in total. The molecule has 0 spiro atoms. The number of aliphatic hydroxyl groups is 2. The molecule has 4 aliphatic carbocycles. The van der Waals surface area contributed by atoms with Crippen LogP contribution in [0.3, 0.4) is 0 Å².